The fourth-order valence-corrected chi connectivity index (χ4v) is 1.51. The van der Waals surface area contributed by atoms with E-state index in [-0.39, 0.29) is 0 Å². The zero-order valence-corrected chi connectivity index (χ0v) is 10.7. The maximum Gasteiger partial charge on any atom is -0.00145 e. The van der Waals surface area contributed by atoms with Gasteiger partial charge in [-0.3, -0.25) is 0 Å². The molecule has 1 N–H and O–H groups in total. The van der Waals surface area contributed by atoms with E-state index < -0.39 is 0 Å². The Bertz CT molecular complexity index is 180. The summed E-state index contributed by atoms with van der Waals surface area (Å²) in [5, 5.41) is 3.19. The molecule has 0 aromatic heterocycles. The molecular formula is C14H27N. The van der Waals surface area contributed by atoms with Crippen LogP contribution in [0.4, 0.5) is 0 Å². The molecule has 0 aliphatic rings. The Morgan fingerprint density at radius 2 is 2.00 bits per heavy atom. The fourth-order valence-electron chi connectivity index (χ4n) is 1.51. The second-order valence-corrected chi connectivity index (χ2v) is 3.97. The van der Waals surface area contributed by atoms with Crippen molar-refractivity contribution in [3.63, 3.8) is 0 Å². The molecule has 0 aromatic carbocycles. The van der Waals surface area contributed by atoms with Gasteiger partial charge in [0.2, 0.25) is 0 Å². The van der Waals surface area contributed by atoms with Gasteiger partial charge in [0, 0.05) is 0 Å². The zero-order chi connectivity index (χ0) is 11.4. The van der Waals surface area contributed by atoms with E-state index in [0.717, 1.165) is 13.0 Å². The third-order valence-electron chi connectivity index (χ3n) is 2.63. The molecule has 0 spiro atoms. The van der Waals surface area contributed by atoms with Gasteiger partial charge in [-0.25, -0.2) is 0 Å². The summed E-state index contributed by atoms with van der Waals surface area (Å²) in [6.07, 6.45) is 14.5. The molecule has 0 fully saturated rings. The molecule has 0 aromatic rings. The number of rotatable bonds is 9. The molecule has 0 rings (SSSR count). The van der Waals surface area contributed by atoms with E-state index in [9.17, 15) is 0 Å². The maximum absolute atomic E-state index is 3.19. The molecule has 0 saturated carbocycles. The molecule has 1 heteroatoms. The standard InChI is InChI=1S/C14H27N/c1-4-6-7-8-9-10-11-14(5-2)12-13-15-3/h5,9-10,15H,4,6-8,11-13H2,1-3H3/b10-9?,14-5+. The molecule has 0 aliphatic carbocycles. The van der Waals surface area contributed by atoms with Crippen LogP contribution in [-0.4, -0.2) is 13.6 Å². The molecule has 0 atom stereocenters. The lowest BCUT2D eigenvalue weighted by Crippen LogP contribution is -2.08. The van der Waals surface area contributed by atoms with Crippen molar-refractivity contribution in [1.29, 1.82) is 0 Å². The van der Waals surface area contributed by atoms with Crippen LogP contribution in [0.5, 0.6) is 0 Å². The summed E-state index contributed by atoms with van der Waals surface area (Å²) in [7, 11) is 2.01. The molecule has 0 radical (unpaired) electrons. The molecule has 0 saturated heterocycles. The lowest BCUT2D eigenvalue weighted by Gasteiger charge is -2.02. The van der Waals surface area contributed by atoms with Gasteiger partial charge in [0.1, 0.15) is 0 Å². The van der Waals surface area contributed by atoms with E-state index in [4.69, 9.17) is 0 Å². The summed E-state index contributed by atoms with van der Waals surface area (Å²) in [5.41, 5.74) is 1.54. The van der Waals surface area contributed by atoms with Crippen molar-refractivity contribution in [2.24, 2.45) is 0 Å². The van der Waals surface area contributed by atoms with E-state index in [2.05, 4.69) is 37.4 Å². The minimum absolute atomic E-state index is 1.09. The average molecular weight is 209 g/mol. The van der Waals surface area contributed by atoms with E-state index in [1.807, 2.05) is 7.05 Å². The van der Waals surface area contributed by atoms with Gasteiger partial charge >= 0.3 is 0 Å². The van der Waals surface area contributed by atoms with Crippen LogP contribution in [0.25, 0.3) is 0 Å². The largest absolute Gasteiger partial charge is 0.319 e. The van der Waals surface area contributed by atoms with E-state index >= 15 is 0 Å². The van der Waals surface area contributed by atoms with Gasteiger partial charge in [-0.2, -0.15) is 0 Å². The Morgan fingerprint density at radius 3 is 2.60 bits per heavy atom. The van der Waals surface area contributed by atoms with Crippen LogP contribution in [0.1, 0.15) is 52.4 Å². The van der Waals surface area contributed by atoms with Crippen LogP contribution >= 0.6 is 0 Å². The highest BCUT2D eigenvalue weighted by molar-refractivity contribution is 5.06. The van der Waals surface area contributed by atoms with Crippen LogP contribution in [0.3, 0.4) is 0 Å². The van der Waals surface area contributed by atoms with E-state index in [1.165, 1.54) is 37.7 Å². The Kier molecular flexibility index (Phi) is 11.1. The third-order valence-corrected chi connectivity index (χ3v) is 2.63. The van der Waals surface area contributed by atoms with Crippen molar-refractivity contribution in [3.05, 3.63) is 23.8 Å². The van der Waals surface area contributed by atoms with Gasteiger partial charge in [0.15, 0.2) is 0 Å². The van der Waals surface area contributed by atoms with Crippen molar-refractivity contribution < 1.29 is 0 Å². The minimum atomic E-state index is 1.09. The first-order valence-corrected chi connectivity index (χ1v) is 6.28. The number of nitrogens with one attached hydrogen (secondary N) is 1. The number of unbranched alkanes of at least 4 members (excludes halogenated alkanes) is 3. The van der Waals surface area contributed by atoms with Gasteiger partial charge in [-0.15, -0.1) is 0 Å². The van der Waals surface area contributed by atoms with Crippen LogP contribution in [0.2, 0.25) is 0 Å². The molecule has 0 aliphatic heterocycles. The first kappa shape index (κ1) is 14.4. The quantitative estimate of drug-likeness (QED) is 0.446. The molecule has 88 valence electrons. The van der Waals surface area contributed by atoms with Crippen molar-refractivity contribution in [3.8, 4) is 0 Å². The Hall–Kier alpha value is -0.560. The normalized spacial score (nSPS) is 12.6. The fraction of sp³-hybridized carbons (Fsp3) is 0.714. The third kappa shape index (κ3) is 9.74. The molecule has 0 amide bonds. The highest BCUT2D eigenvalue weighted by Crippen LogP contribution is 2.08. The lowest BCUT2D eigenvalue weighted by atomic mass is 10.1. The lowest BCUT2D eigenvalue weighted by molar-refractivity contribution is 0.727. The Labute approximate surface area is 95.7 Å². The average Bonchev–Trinajstić information content (AvgIpc) is 2.27. The zero-order valence-electron chi connectivity index (χ0n) is 10.7. The maximum atomic E-state index is 3.19. The predicted octanol–water partition coefficient (Wildman–Crippen LogP) is 4.07. The summed E-state index contributed by atoms with van der Waals surface area (Å²) < 4.78 is 0. The second-order valence-electron chi connectivity index (χ2n) is 3.97. The molecule has 0 unspecified atom stereocenters. The van der Waals surface area contributed by atoms with Crippen molar-refractivity contribution in [2.75, 3.05) is 13.6 Å². The molecule has 1 nitrogen and oxygen atoms in total. The molecule has 15 heavy (non-hydrogen) atoms. The SMILES string of the molecule is C/C=C(\CC=CCCCCC)CCNC. The predicted molar refractivity (Wildman–Crippen MR) is 70.2 cm³/mol. The van der Waals surface area contributed by atoms with Gasteiger partial charge in [0.05, 0.1) is 0 Å². The molecule has 0 heterocycles. The van der Waals surface area contributed by atoms with Gasteiger partial charge < -0.3 is 5.32 Å². The molecular weight excluding hydrogens is 182 g/mol. The van der Waals surface area contributed by atoms with E-state index in [1.54, 1.807) is 0 Å². The van der Waals surface area contributed by atoms with Crippen molar-refractivity contribution >= 4 is 0 Å². The smallest absolute Gasteiger partial charge is 0.00145 e. The monoisotopic (exact) mass is 209 g/mol. The first-order chi connectivity index (χ1) is 7.35. The first-order valence-electron chi connectivity index (χ1n) is 6.28. The Balaban J connectivity index is 3.53. The van der Waals surface area contributed by atoms with Crippen LogP contribution in [-0.2, 0) is 0 Å². The number of allylic oxidation sites excluding steroid dienone is 3. The summed E-state index contributed by atoms with van der Waals surface area (Å²) >= 11 is 0. The van der Waals surface area contributed by atoms with Crippen LogP contribution in [0.15, 0.2) is 23.8 Å². The number of hydrogen-bond acceptors (Lipinski definition) is 1. The summed E-state index contributed by atoms with van der Waals surface area (Å²) in [4.78, 5) is 0. The van der Waals surface area contributed by atoms with Gasteiger partial charge in [0.25, 0.3) is 0 Å². The topological polar surface area (TPSA) is 12.0 Å². The summed E-state index contributed by atoms with van der Waals surface area (Å²) in [5.74, 6) is 0. The van der Waals surface area contributed by atoms with E-state index in [0.29, 0.717) is 0 Å². The highest BCUT2D eigenvalue weighted by atomic mass is 14.8. The summed E-state index contributed by atoms with van der Waals surface area (Å²) in [6.45, 7) is 5.47. The molecule has 0 bridgehead atoms. The van der Waals surface area contributed by atoms with Gasteiger partial charge in [-0.1, -0.05) is 43.6 Å². The minimum Gasteiger partial charge on any atom is -0.319 e. The second kappa shape index (κ2) is 11.5. The Morgan fingerprint density at radius 1 is 1.20 bits per heavy atom. The van der Waals surface area contributed by atoms with Crippen LogP contribution in [0, 0.1) is 0 Å². The van der Waals surface area contributed by atoms with Crippen molar-refractivity contribution in [2.45, 2.75) is 52.4 Å². The van der Waals surface area contributed by atoms with Crippen molar-refractivity contribution in [1.82, 2.24) is 5.32 Å². The highest BCUT2D eigenvalue weighted by Gasteiger charge is 1.92. The van der Waals surface area contributed by atoms with Gasteiger partial charge in [-0.05, 0) is 46.2 Å². The summed E-state index contributed by atoms with van der Waals surface area (Å²) in [6, 6.07) is 0. The van der Waals surface area contributed by atoms with Crippen LogP contribution < -0.4 is 5.32 Å². The number of hydrogen-bond donors (Lipinski definition) is 1.